The molecule has 5 nitrogen and oxygen atoms in total. The van der Waals surface area contributed by atoms with Crippen LogP contribution in [0.25, 0.3) is 0 Å². The highest BCUT2D eigenvalue weighted by atomic mass is 35.5. The van der Waals surface area contributed by atoms with Crippen molar-refractivity contribution in [1.29, 1.82) is 0 Å². The molecule has 0 saturated heterocycles. The van der Waals surface area contributed by atoms with Crippen LogP contribution in [-0.2, 0) is 10.0 Å². The lowest BCUT2D eigenvalue weighted by atomic mass is 10.1. The Bertz CT molecular complexity index is 742. The van der Waals surface area contributed by atoms with Crippen molar-refractivity contribution in [1.82, 2.24) is 9.97 Å². The lowest BCUT2D eigenvalue weighted by molar-refractivity contribution is 0.597. The van der Waals surface area contributed by atoms with Gasteiger partial charge in [0.05, 0.1) is 4.90 Å². The largest absolute Gasteiger partial charge is 0.263 e. The first kappa shape index (κ1) is 14.7. The molecule has 20 heavy (non-hydrogen) atoms. The third kappa shape index (κ3) is 2.88. The zero-order valence-corrected chi connectivity index (χ0v) is 12.3. The maximum atomic E-state index is 13.2. The highest BCUT2D eigenvalue weighted by Gasteiger charge is 2.22. The summed E-state index contributed by atoms with van der Waals surface area (Å²) < 4.78 is 40.2. The van der Waals surface area contributed by atoms with E-state index in [1.165, 1.54) is 26.2 Å². The van der Waals surface area contributed by atoms with Crippen molar-refractivity contribution in [2.45, 2.75) is 18.7 Å². The van der Waals surface area contributed by atoms with Gasteiger partial charge in [-0.3, -0.25) is 4.72 Å². The molecule has 0 radical (unpaired) electrons. The van der Waals surface area contributed by atoms with Crippen LogP contribution in [0.5, 0.6) is 0 Å². The number of hydrogen-bond acceptors (Lipinski definition) is 4. The van der Waals surface area contributed by atoms with Crippen LogP contribution < -0.4 is 4.72 Å². The molecule has 1 aromatic carbocycles. The summed E-state index contributed by atoms with van der Waals surface area (Å²) in [6.45, 7) is 3.03. The smallest absolute Gasteiger partial charge is 0.261 e. The van der Waals surface area contributed by atoms with Gasteiger partial charge < -0.3 is 0 Å². The Morgan fingerprint density at radius 1 is 1.15 bits per heavy atom. The van der Waals surface area contributed by atoms with Gasteiger partial charge in [-0.25, -0.2) is 22.8 Å². The fraction of sp³-hybridized carbons (Fsp3) is 0.167. The molecule has 0 aliphatic carbocycles. The second-order valence-corrected chi connectivity index (χ2v) is 6.15. The molecule has 0 atom stereocenters. The van der Waals surface area contributed by atoms with E-state index in [-0.39, 0.29) is 15.9 Å². The Kier molecular flexibility index (Phi) is 3.92. The van der Waals surface area contributed by atoms with Crippen LogP contribution in [0.15, 0.2) is 29.4 Å². The summed E-state index contributed by atoms with van der Waals surface area (Å²) in [5.41, 5.74) is 0.602. The summed E-state index contributed by atoms with van der Waals surface area (Å²) in [7, 11) is -3.92. The van der Waals surface area contributed by atoms with Crippen LogP contribution in [0.4, 0.5) is 10.2 Å². The second kappa shape index (κ2) is 5.34. The minimum absolute atomic E-state index is 0.000574. The summed E-state index contributed by atoms with van der Waals surface area (Å²) in [5, 5.41) is -0.0616. The molecule has 0 amide bonds. The predicted molar refractivity (Wildman–Crippen MR) is 73.7 cm³/mol. The number of halogens is 2. The van der Waals surface area contributed by atoms with E-state index in [0.29, 0.717) is 11.1 Å². The van der Waals surface area contributed by atoms with Gasteiger partial charge in [0, 0.05) is 12.4 Å². The summed E-state index contributed by atoms with van der Waals surface area (Å²) in [4.78, 5) is 7.54. The summed E-state index contributed by atoms with van der Waals surface area (Å²) in [5.74, 6) is -0.561. The van der Waals surface area contributed by atoms with Crippen molar-refractivity contribution >= 4 is 27.4 Å². The average molecular weight is 316 g/mol. The van der Waals surface area contributed by atoms with Gasteiger partial charge in [-0.05, 0) is 37.1 Å². The van der Waals surface area contributed by atoms with Crippen molar-refractivity contribution in [3.8, 4) is 0 Å². The van der Waals surface area contributed by atoms with E-state index in [1.807, 2.05) is 0 Å². The van der Waals surface area contributed by atoms with E-state index in [2.05, 4.69) is 14.7 Å². The van der Waals surface area contributed by atoms with Crippen molar-refractivity contribution in [2.75, 3.05) is 4.72 Å². The van der Waals surface area contributed by atoms with Crippen LogP contribution in [0.3, 0.4) is 0 Å². The third-order valence-electron chi connectivity index (χ3n) is 2.58. The van der Waals surface area contributed by atoms with E-state index in [4.69, 9.17) is 11.6 Å². The minimum atomic E-state index is -3.92. The van der Waals surface area contributed by atoms with E-state index < -0.39 is 15.8 Å². The zero-order chi connectivity index (χ0) is 14.9. The molecule has 106 valence electrons. The number of sulfonamides is 1. The number of aryl methyl sites for hydroxylation is 2. The highest BCUT2D eigenvalue weighted by Crippen LogP contribution is 2.25. The van der Waals surface area contributed by atoms with Gasteiger partial charge in [0.15, 0.2) is 11.0 Å². The third-order valence-corrected chi connectivity index (χ3v) is 4.50. The van der Waals surface area contributed by atoms with Crippen molar-refractivity contribution in [2.24, 2.45) is 0 Å². The quantitative estimate of drug-likeness (QED) is 0.945. The molecule has 1 N–H and O–H groups in total. The van der Waals surface area contributed by atoms with Gasteiger partial charge in [0.25, 0.3) is 10.0 Å². The Morgan fingerprint density at radius 2 is 1.70 bits per heavy atom. The Labute approximate surface area is 120 Å². The van der Waals surface area contributed by atoms with E-state index >= 15 is 0 Å². The van der Waals surface area contributed by atoms with E-state index in [1.54, 1.807) is 0 Å². The Hall–Kier alpha value is -1.73. The monoisotopic (exact) mass is 315 g/mol. The molecule has 0 aliphatic heterocycles. The molecule has 0 saturated carbocycles. The van der Waals surface area contributed by atoms with Gasteiger partial charge >= 0.3 is 0 Å². The Balaban J connectivity index is 2.50. The van der Waals surface area contributed by atoms with Gasteiger partial charge in [-0.2, -0.15) is 0 Å². The molecule has 1 aromatic heterocycles. The molecule has 1 heterocycles. The number of aromatic nitrogens is 2. The average Bonchev–Trinajstić information content (AvgIpc) is 2.30. The number of nitrogens with one attached hydrogen (secondary N) is 1. The minimum Gasteiger partial charge on any atom is -0.261 e. The standard InChI is InChI=1S/C12H11ClFN3O2S/c1-7-5-9(14)6-8(2)10(7)20(18,19)17-12-11(13)15-3-4-16-12/h3-6H,1-2H3,(H,16,17). The number of rotatable bonds is 3. The summed E-state index contributed by atoms with van der Waals surface area (Å²) in [6, 6.07) is 2.31. The van der Waals surface area contributed by atoms with Gasteiger partial charge in [0.2, 0.25) is 0 Å². The fourth-order valence-corrected chi connectivity index (χ4v) is 3.57. The Morgan fingerprint density at radius 3 is 2.25 bits per heavy atom. The van der Waals surface area contributed by atoms with Crippen LogP contribution in [0, 0.1) is 19.7 Å². The van der Waals surface area contributed by atoms with Gasteiger partial charge in [-0.1, -0.05) is 11.6 Å². The lowest BCUT2D eigenvalue weighted by Gasteiger charge is -2.12. The molecular weight excluding hydrogens is 305 g/mol. The van der Waals surface area contributed by atoms with Gasteiger partial charge in [0.1, 0.15) is 5.82 Å². The molecular formula is C12H11ClFN3O2S. The maximum Gasteiger partial charge on any atom is 0.263 e. The van der Waals surface area contributed by atoms with Crippen LogP contribution >= 0.6 is 11.6 Å². The summed E-state index contributed by atoms with van der Waals surface area (Å²) in [6.07, 6.45) is 2.66. The number of hydrogen-bond donors (Lipinski definition) is 1. The summed E-state index contributed by atoms with van der Waals surface area (Å²) >= 11 is 5.76. The number of benzene rings is 1. The van der Waals surface area contributed by atoms with Crippen LogP contribution in [0.1, 0.15) is 11.1 Å². The molecule has 0 bridgehead atoms. The zero-order valence-electron chi connectivity index (χ0n) is 10.7. The number of anilines is 1. The van der Waals surface area contributed by atoms with Crippen molar-refractivity contribution in [3.63, 3.8) is 0 Å². The fourth-order valence-electron chi connectivity index (χ4n) is 1.89. The van der Waals surface area contributed by atoms with E-state index in [9.17, 15) is 12.8 Å². The van der Waals surface area contributed by atoms with Gasteiger partial charge in [-0.15, -0.1) is 0 Å². The molecule has 2 rings (SSSR count). The maximum absolute atomic E-state index is 13.2. The first-order chi connectivity index (χ1) is 9.31. The molecule has 2 aromatic rings. The van der Waals surface area contributed by atoms with Crippen LogP contribution in [0.2, 0.25) is 5.15 Å². The molecule has 0 fully saturated rings. The van der Waals surface area contributed by atoms with Crippen molar-refractivity contribution in [3.05, 3.63) is 46.6 Å². The predicted octanol–water partition coefficient (Wildman–Crippen LogP) is 2.69. The van der Waals surface area contributed by atoms with E-state index in [0.717, 1.165) is 12.1 Å². The first-order valence-electron chi connectivity index (χ1n) is 5.57. The highest BCUT2D eigenvalue weighted by molar-refractivity contribution is 7.92. The first-order valence-corrected chi connectivity index (χ1v) is 7.43. The normalized spacial score (nSPS) is 11.4. The lowest BCUT2D eigenvalue weighted by Crippen LogP contribution is -2.17. The molecule has 0 unspecified atom stereocenters. The number of nitrogens with zero attached hydrogens (tertiary/aromatic N) is 2. The van der Waals surface area contributed by atoms with Crippen LogP contribution in [-0.4, -0.2) is 18.4 Å². The SMILES string of the molecule is Cc1cc(F)cc(C)c1S(=O)(=O)Nc1nccnc1Cl. The second-order valence-electron chi connectivity index (χ2n) is 4.17. The molecule has 0 spiro atoms. The molecule has 0 aliphatic rings. The molecule has 8 heteroatoms. The topological polar surface area (TPSA) is 72.0 Å². The van der Waals surface area contributed by atoms with Crippen molar-refractivity contribution < 1.29 is 12.8 Å².